The van der Waals surface area contributed by atoms with Crippen LogP contribution in [-0.4, -0.2) is 0 Å². The lowest BCUT2D eigenvalue weighted by molar-refractivity contribution is 0.668. The van der Waals surface area contributed by atoms with Gasteiger partial charge in [0.2, 0.25) is 0 Å². The Bertz CT molecular complexity index is 4350. The van der Waals surface area contributed by atoms with Crippen LogP contribution in [0, 0.1) is 0 Å². The van der Waals surface area contributed by atoms with Crippen LogP contribution < -0.4 is 9.80 Å². The van der Waals surface area contributed by atoms with Crippen LogP contribution in [-0.2, 0) is 10.8 Å². The molecule has 4 heteroatoms. The number of para-hydroxylation sites is 2. The maximum absolute atomic E-state index is 6.86. The molecular formula is C74H50N2O2. The van der Waals surface area contributed by atoms with Crippen LogP contribution in [0.1, 0.15) is 47.2 Å². The van der Waals surface area contributed by atoms with Crippen molar-refractivity contribution in [3.05, 3.63) is 300 Å². The quantitative estimate of drug-likeness (QED) is 0.152. The molecule has 12 aromatic carbocycles. The molecule has 0 aliphatic heterocycles. The minimum absolute atomic E-state index is 0.319. The topological polar surface area (TPSA) is 32.8 Å². The van der Waals surface area contributed by atoms with Crippen LogP contribution in [0.4, 0.5) is 34.1 Å². The predicted molar refractivity (Wildman–Crippen MR) is 323 cm³/mol. The van der Waals surface area contributed by atoms with E-state index in [2.05, 4.69) is 291 Å². The SMILES string of the molecule is CC1(c2cccc(N(c3ccccc3)c3ccc4c(c3)oc3cc5cc6c(cc5cc34)oc3cc(N(c4ccccc4)c4cccc(C5(C)c7ccccc7-c7ccccc75)c4)ccc36)c2)c2ccccc2-c2ccccc21. The third-order valence-electron chi connectivity index (χ3n) is 17.3. The Morgan fingerprint density at radius 3 is 0.962 bits per heavy atom. The van der Waals surface area contributed by atoms with Gasteiger partial charge in [0.05, 0.1) is 0 Å². The van der Waals surface area contributed by atoms with Gasteiger partial charge in [-0.25, -0.2) is 0 Å². The first-order valence-electron chi connectivity index (χ1n) is 27.0. The normalized spacial score (nSPS) is 13.7. The molecule has 2 aromatic heterocycles. The van der Waals surface area contributed by atoms with Crippen LogP contribution in [0.5, 0.6) is 0 Å². The van der Waals surface area contributed by atoms with Gasteiger partial charge < -0.3 is 18.6 Å². The van der Waals surface area contributed by atoms with Gasteiger partial charge in [-0.2, -0.15) is 0 Å². The average Bonchev–Trinajstić information content (AvgIpc) is 4.33. The predicted octanol–water partition coefficient (Wildman–Crippen LogP) is 20.2. The highest BCUT2D eigenvalue weighted by atomic mass is 16.3. The molecule has 2 aliphatic rings. The summed E-state index contributed by atoms with van der Waals surface area (Å²) in [6.07, 6.45) is 0. The maximum Gasteiger partial charge on any atom is 0.137 e. The Labute approximate surface area is 452 Å². The van der Waals surface area contributed by atoms with Crippen molar-refractivity contribution in [2.45, 2.75) is 24.7 Å². The zero-order valence-electron chi connectivity index (χ0n) is 43.1. The van der Waals surface area contributed by atoms with E-state index in [4.69, 9.17) is 8.83 Å². The lowest BCUT2D eigenvalue weighted by Crippen LogP contribution is -2.23. The fraction of sp³-hybridized carbons (Fsp3) is 0.0541. The van der Waals surface area contributed by atoms with Crippen molar-refractivity contribution in [3.63, 3.8) is 0 Å². The van der Waals surface area contributed by atoms with Crippen molar-refractivity contribution in [1.82, 2.24) is 0 Å². The highest BCUT2D eigenvalue weighted by Crippen LogP contribution is 2.55. The summed E-state index contributed by atoms with van der Waals surface area (Å²) in [6, 6.07) is 97.1. The number of benzene rings is 12. The molecule has 4 nitrogen and oxygen atoms in total. The summed E-state index contributed by atoms with van der Waals surface area (Å²) in [4.78, 5) is 4.69. The average molecular weight is 999 g/mol. The molecule has 14 aromatic rings. The summed E-state index contributed by atoms with van der Waals surface area (Å²) in [5.41, 5.74) is 22.1. The van der Waals surface area contributed by atoms with E-state index >= 15 is 0 Å². The zero-order valence-corrected chi connectivity index (χ0v) is 43.1. The van der Waals surface area contributed by atoms with E-state index in [-0.39, 0.29) is 10.8 Å². The van der Waals surface area contributed by atoms with Gasteiger partial charge in [-0.05, 0) is 177 Å². The Morgan fingerprint density at radius 1 is 0.256 bits per heavy atom. The second-order valence-electron chi connectivity index (χ2n) is 21.5. The molecule has 0 saturated heterocycles. The van der Waals surface area contributed by atoms with E-state index < -0.39 is 0 Å². The van der Waals surface area contributed by atoms with E-state index in [0.29, 0.717) is 0 Å². The first-order valence-corrected chi connectivity index (χ1v) is 27.0. The molecule has 0 fully saturated rings. The fourth-order valence-corrected chi connectivity index (χ4v) is 13.5. The minimum Gasteiger partial charge on any atom is -0.456 e. The summed E-state index contributed by atoms with van der Waals surface area (Å²) in [5.74, 6) is 0. The molecule has 0 amide bonds. The van der Waals surface area contributed by atoms with Crippen molar-refractivity contribution < 1.29 is 8.83 Å². The van der Waals surface area contributed by atoms with Crippen molar-refractivity contribution >= 4 is 88.8 Å². The van der Waals surface area contributed by atoms with Gasteiger partial charge in [-0.3, -0.25) is 0 Å². The number of hydrogen-bond acceptors (Lipinski definition) is 4. The maximum atomic E-state index is 6.86. The molecule has 2 heterocycles. The molecule has 368 valence electrons. The molecule has 16 rings (SSSR count). The monoisotopic (exact) mass is 998 g/mol. The highest BCUT2D eigenvalue weighted by Gasteiger charge is 2.42. The number of anilines is 6. The second-order valence-corrected chi connectivity index (χ2v) is 21.5. The van der Waals surface area contributed by atoms with Crippen LogP contribution in [0.3, 0.4) is 0 Å². The van der Waals surface area contributed by atoms with E-state index in [0.717, 1.165) is 88.8 Å². The third-order valence-corrected chi connectivity index (χ3v) is 17.3. The third kappa shape index (κ3) is 6.47. The molecule has 78 heavy (non-hydrogen) atoms. The van der Waals surface area contributed by atoms with Crippen molar-refractivity contribution in [2.24, 2.45) is 0 Å². The van der Waals surface area contributed by atoms with Crippen molar-refractivity contribution in [2.75, 3.05) is 9.80 Å². The smallest absolute Gasteiger partial charge is 0.137 e. The van der Waals surface area contributed by atoms with Gasteiger partial charge in [-0.15, -0.1) is 0 Å². The minimum atomic E-state index is -0.319. The molecule has 0 bridgehead atoms. The van der Waals surface area contributed by atoms with Crippen LogP contribution in [0.25, 0.3) is 76.9 Å². The first-order chi connectivity index (χ1) is 38.4. The lowest BCUT2D eigenvalue weighted by atomic mass is 9.74. The van der Waals surface area contributed by atoms with E-state index in [1.807, 2.05) is 0 Å². The van der Waals surface area contributed by atoms with E-state index in [9.17, 15) is 0 Å². The molecule has 0 spiro atoms. The number of nitrogens with zero attached hydrogens (tertiary/aromatic N) is 2. The van der Waals surface area contributed by atoms with Crippen LogP contribution >= 0.6 is 0 Å². The van der Waals surface area contributed by atoms with Crippen LogP contribution in [0.15, 0.2) is 276 Å². The summed E-state index contributed by atoms with van der Waals surface area (Å²) >= 11 is 0. The summed E-state index contributed by atoms with van der Waals surface area (Å²) in [7, 11) is 0. The Kier molecular flexibility index (Phi) is 9.56. The van der Waals surface area contributed by atoms with Crippen molar-refractivity contribution in [3.8, 4) is 22.3 Å². The molecule has 2 aliphatic carbocycles. The number of fused-ring (bicyclic) bond motifs is 13. The van der Waals surface area contributed by atoms with Gasteiger partial charge in [0, 0.05) is 78.6 Å². The highest BCUT2D eigenvalue weighted by molar-refractivity contribution is 6.16. The Balaban J connectivity index is 0.769. The molecule has 0 N–H and O–H groups in total. The molecule has 0 radical (unpaired) electrons. The molecule has 0 atom stereocenters. The number of furan rings is 2. The fourth-order valence-electron chi connectivity index (χ4n) is 13.5. The first kappa shape index (κ1) is 44.4. The summed E-state index contributed by atoms with van der Waals surface area (Å²) < 4.78 is 13.7. The lowest BCUT2D eigenvalue weighted by Gasteiger charge is -2.31. The number of hydrogen-bond donors (Lipinski definition) is 0. The summed E-state index contributed by atoms with van der Waals surface area (Å²) in [5, 5.41) is 6.47. The molecule has 0 saturated carbocycles. The van der Waals surface area contributed by atoms with Gasteiger partial charge in [0.25, 0.3) is 0 Å². The Morgan fingerprint density at radius 2 is 0.577 bits per heavy atom. The largest absolute Gasteiger partial charge is 0.456 e. The van der Waals surface area contributed by atoms with Gasteiger partial charge >= 0.3 is 0 Å². The van der Waals surface area contributed by atoms with Gasteiger partial charge in [0.1, 0.15) is 22.3 Å². The standard InChI is InChI=1S/C74H50N2O2/c1-73(65-31-13-9-27-57(65)58-28-10-14-32-66(58)73)49-19-17-25-53(43-49)75(51-21-5-3-6-22-51)55-35-37-61-63-39-47-42-70-64(40-48(47)41-69(63)77-71(61)45-55)62-38-36-56(46-72(62)78-70)76(52-23-7-4-8-24-52)54-26-18-20-50(44-54)74(2)67-33-15-11-29-59(67)60-30-12-16-34-68(60)74/h3-46H,1-2H3. The molecular weight excluding hydrogens is 949 g/mol. The Hall–Kier alpha value is -9.90. The number of rotatable bonds is 8. The second kappa shape index (κ2) is 16.8. The van der Waals surface area contributed by atoms with E-state index in [1.54, 1.807) is 0 Å². The van der Waals surface area contributed by atoms with Gasteiger partial charge in [-0.1, -0.05) is 158 Å². The van der Waals surface area contributed by atoms with Crippen molar-refractivity contribution in [1.29, 1.82) is 0 Å². The van der Waals surface area contributed by atoms with Gasteiger partial charge in [0.15, 0.2) is 0 Å². The summed E-state index contributed by atoms with van der Waals surface area (Å²) in [6.45, 7) is 4.75. The molecule has 0 unspecified atom stereocenters. The zero-order chi connectivity index (χ0) is 51.7. The van der Waals surface area contributed by atoms with Crippen LogP contribution in [0.2, 0.25) is 0 Å². The van der Waals surface area contributed by atoms with E-state index in [1.165, 1.54) is 55.6 Å².